The normalized spacial score (nSPS) is 10.2. The number of carbonyl (C=O) groups excluding carboxylic acids is 1. The molecule has 0 heterocycles. The van der Waals surface area contributed by atoms with E-state index < -0.39 is 0 Å². The van der Waals surface area contributed by atoms with E-state index in [9.17, 15) is 4.79 Å². The molecular weight excluding hydrogens is 384 g/mol. The molecule has 5 heteroatoms. The molecular formula is C15H14Br2N2O. The predicted octanol–water partition coefficient (Wildman–Crippen LogP) is 4.57. The van der Waals surface area contributed by atoms with Crippen LogP contribution in [0.3, 0.4) is 0 Å². The zero-order chi connectivity index (χ0) is 14.5. The lowest BCUT2D eigenvalue weighted by molar-refractivity contribution is -0.114. The lowest BCUT2D eigenvalue weighted by atomic mass is 10.2. The largest absolute Gasteiger partial charge is 0.375 e. The third kappa shape index (κ3) is 3.84. The first-order chi connectivity index (χ1) is 9.58. The Balaban J connectivity index is 1.96. The van der Waals surface area contributed by atoms with Crippen LogP contribution in [0.5, 0.6) is 0 Å². The molecule has 0 fully saturated rings. The molecule has 0 atom stereocenters. The molecule has 0 saturated heterocycles. The van der Waals surface area contributed by atoms with Crippen molar-refractivity contribution < 1.29 is 4.79 Å². The summed E-state index contributed by atoms with van der Waals surface area (Å²) in [7, 11) is 0. The molecule has 3 nitrogen and oxygen atoms in total. The number of benzene rings is 2. The molecule has 2 aromatic rings. The monoisotopic (exact) mass is 396 g/mol. The van der Waals surface area contributed by atoms with Crippen LogP contribution in [0.2, 0.25) is 0 Å². The first-order valence-corrected chi connectivity index (χ1v) is 7.70. The molecule has 0 unspecified atom stereocenters. The van der Waals surface area contributed by atoms with E-state index in [2.05, 4.69) is 42.5 Å². The Bertz CT molecular complexity index is 629. The number of para-hydroxylation sites is 1. The summed E-state index contributed by atoms with van der Waals surface area (Å²) in [5.74, 6) is -0.0923. The second-order valence-electron chi connectivity index (χ2n) is 4.32. The van der Waals surface area contributed by atoms with Gasteiger partial charge in [0.25, 0.3) is 0 Å². The molecule has 0 aromatic heterocycles. The Morgan fingerprint density at radius 2 is 1.75 bits per heavy atom. The summed E-state index contributed by atoms with van der Waals surface area (Å²) < 4.78 is 1.85. The van der Waals surface area contributed by atoms with Crippen LogP contribution in [0, 0.1) is 6.92 Å². The van der Waals surface area contributed by atoms with Gasteiger partial charge in [-0.15, -0.1) is 0 Å². The predicted molar refractivity (Wildman–Crippen MR) is 90.1 cm³/mol. The van der Waals surface area contributed by atoms with Crippen LogP contribution in [0.15, 0.2) is 51.4 Å². The number of halogens is 2. The number of carbonyl (C=O) groups is 1. The maximum atomic E-state index is 11.9. The van der Waals surface area contributed by atoms with Crippen molar-refractivity contribution in [2.75, 3.05) is 17.2 Å². The Morgan fingerprint density at radius 1 is 1.05 bits per heavy atom. The van der Waals surface area contributed by atoms with Gasteiger partial charge in [-0.2, -0.15) is 0 Å². The van der Waals surface area contributed by atoms with Gasteiger partial charge in [0, 0.05) is 14.6 Å². The van der Waals surface area contributed by atoms with Crippen molar-refractivity contribution in [2.45, 2.75) is 6.92 Å². The SMILES string of the molecule is Cc1cccc(NCC(=O)Nc2ccccc2Br)c1Br. The molecule has 0 aliphatic heterocycles. The third-order valence-corrected chi connectivity index (χ3v) is 4.52. The second kappa shape index (κ2) is 6.90. The topological polar surface area (TPSA) is 41.1 Å². The van der Waals surface area contributed by atoms with E-state index in [4.69, 9.17) is 0 Å². The van der Waals surface area contributed by atoms with E-state index >= 15 is 0 Å². The lowest BCUT2D eigenvalue weighted by Crippen LogP contribution is -2.22. The molecule has 0 radical (unpaired) electrons. The first kappa shape index (κ1) is 15.1. The van der Waals surface area contributed by atoms with Crippen LogP contribution < -0.4 is 10.6 Å². The van der Waals surface area contributed by atoms with Crippen LogP contribution in [0.4, 0.5) is 11.4 Å². The summed E-state index contributed by atoms with van der Waals surface area (Å²) in [5.41, 5.74) is 2.80. The summed E-state index contributed by atoms with van der Waals surface area (Å²) in [4.78, 5) is 11.9. The highest BCUT2D eigenvalue weighted by atomic mass is 79.9. The molecule has 0 saturated carbocycles. The van der Waals surface area contributed by atoms with Gasteiger partial charge in [-0.1, -0.05) is 24.3 Å². The highest BCUT2D eigenvalue weighted by molar-refractivity contribution is 9.11. The van der Waals surface area contributed by atoms with E-state index in [1.807, 2.05) is 49.4 Å². The molecule has 0 bridgehead atoms. The zero-order valence-electron chi connectivity index (χ0n) is 10.9. The maximum absolute atomic E-state index is 11.9. The van der Waals surface area contributed by atoms with Crippen molar-refractivity contribution >= 4 is 49.1 Å². The molecule has 2 N–H and O–H groups in total. The van der Waals surface area contributed by atoms with Crippen LogP contribution >= 0.6 is 31.9 Å². The molecule has 0 spiro atoms. The number of rotatable bonds is 4. The van der Waals surface area contributed by atoms with Crippen molar-refractivity contribution in [1.29, 1.82) is 0 Å². The van der Waals surface area contributed by atoms with Crippen molar-refractivity contribution in [3.05, 3.63) is 57.0 Å². The molecule has 20 heavy (non-hydrogen) atoms. The number of aryl methyl sites for hydroxylation is 1. The quantitative estimate of drug-likeness (QED) is 0.793. The highest BCUT2D eigenvalue weighted by Gasteiger charge is 2.07. The zero-order valence-corrected chi connectivity index (χ0v) is 14.1. The molecule has 2 rings (SSSR count). The van der Waals surface area contributed by atoms with Gasteiger partial charge in [0.05, 0.1) is 12.2 Å². The Labute approximate surface area is 135 Å². The van der Waals surface area contributed by atoms with Gasteiger partial charge in [-0.3, -0.25) is 4.79 Å². The van der Waals surface area contributed by atoms with E-state index in [-0.39, 0.29) is 12.5 Å². The summed E-state index contributed by atoms with van der Waals surface area (Å²) in [6, 6.07) is 13.4. The number of hydrogen-bond acceptors (Lipinski definition) is 2. The van der Waals surface area contributed by atoms with Gasteiger partial charge in [0.15, 0.2) is 0 Å². The first-order valence-electron chi connectivity index (χ1n) is 6.11. The van der Waals surface area contributed by atoms with E-state index in [1.165, 1.54) is 0 Å². The van der Waals surface area contributed by atoms with Gasteiger partial charge in [-0.05, 0) is 62.5 Å². The molecule has 0 aliphatic rings. The van der Waals surface area contributed by atoms with E-state index in [0.717, 1.165) is 25.9 Å². The minimum Gasteiger partial charge on any atom is -0.375 e. The van der Waals surface area contributed by atoms with Crippen molar-refractivity contribution in [3.8, 4) is 0 Å². The minimum absolute atomic E-state index is 0.0923. The van der Waals surface area contributed by atoms with Crippen LogP contribution in [0.25, 0.3) is 0 Å². The average Bonchev–Trinajstić information content (AvgIpc) is 2.43. The van der Waals surface area contributed by atoms with Crippen molar-refractivity contribution in [3.63, 3.8) is 0 Å². The fourth-order valence-electron chi connectivity index (χ4n) is 1.72. The average molecular weight is 398 g/mol. The van der Waals surface area contributed by atoms with E-state index in [1.54, 1.807) is 0 Å². The standard InChI is InChI=1S/C15H14Br2N2O/c1-10-5-4-8-13(15(10)17)18-9-14(20)19-12-7-3-2-6-11(12)16/h2-8,18H,9H2,1H3,(H,19,20). The van der Waals surface area contributed by atoms with Crippen molar-refractivity contribution in [1.82, 2.24) is 0 Å². The molecule has 0 aliphatic carbocycles. The number of anilines is 2. The van der Waals surface area contributed by atoms with Gasteiger partial charge in [-0.25, -0.2) is 0 Å². The van der Waals surface area contributed by atoms with Gasteiger partial charge < -0.3 is 10.6 Å². The van der Waals surface area contributed by atoms with Crippen LogP contribution in [0.1, 0.15) is 5.56 Å². The third-order valence-electron chi connectivity index (χ3n) is 2.78. The molecule has 104 valence electrons. The Morgan fingerprint density at radius 3 is 2.50 bits per heavy atom. The van der Waals surface area contributed by atoms with Gasteiger partial charge in [0.1, 0.15) is 0 Å². The summed E-state index contributed by atoms with van der Waals surface area (Å²) in [5, 5.41) is 5.97. The Hall–Kier alpha value is -1.33. The van der Waals surface area contributed by atoms with E-state index in [0.29, 0.717) is 0 Å². The van der Waals surface area contributed by atoms with Crippen molar-refractivity contribution in [2.24, 2.45) is 0 Å². The smallest absolute Gasteiger partial charge is 0.243 e. The second-order valence-corrected chi connectivity index (χ2v) is 5.97. The van der Waals surface area contributed by atoms with Crippen LogP contribution in [-0.2, 0) is 4.79 Å². The maximum Gasteiger partial charge on any atom is 0.243 e. The summed E-state index contributed by atoms with van der Waals surface area (Å²) >= 11 is 6.91. The number of hydrogen-bond donors (Lipinski definition) is 2. The minimum atomic E-state index is -0.0923. The summed E-state index contributed by atoms with van der Waals surface area (Å²) in [6.45, 7) is 2.22. The van der Waals surface area contributed by atoms with Gasteiger partial charge >= 0.3 is 0 Å². The number of nitrogens with one attached hydrogen (secondary N) is 2. The van der Waals surface area contributed by atoms with Crippen LogP contribution in [-0.4, -0.2) is 12.5 Å². The molecule has 2 aromatic carbocycles. The fraction of sp³-hybridized carbons (Fsp3) is 0.133. The molecule has 1 amide bonds. The fourth-order valence-corrected chi connectivity index (χ4v) is 2.50. The van der Waals surface area contributed by atoms with Gasteiger partial charge in [0.2, 0.25) is 5.91 Å². The Kier molecular flexibility index (Phi) is 5.20. The number of amides is 1. The highest BCUT2D eigenvalue weighted by Crippen LogP contribution is 2.25. The lowest BCUT2D eigenvalue weighted by Gasteiger charge is -2.11. The summed E-state index contributed by atoms with van der Waals surface area (Å²) in [6.07, 6.45) is 0.